The van der Waals surface area contributed by atoms with Crippen LogP contribution in [0.4, 0.5) is 0 Å². The van der Waals surface area contributed by atoms with Gasteiger partial charge in [-0.1, -0.05) is 5.21 Å². The number of carbonyl (C=O) groups is 2. The molecule has 9 nitrogen and oxygen atoms in total. The summed E-state index contributed by atoms with van der Waals surface area (Å²) in [6.45, 7) is 0.00952. The molecule has 0 aliphatic heterocycles. The van der Waals surface area contributed by atoms with Crippen molar-refractivity contribution < 1.29 is 24.5 Å². The highest BCUT2D eigenvalue weighted by molar-refractivity contribution is 5.94. The molecule has 2 aromatic rings. The number of nitriles is 1. The van der Waals surface area contributed by atoms with E-state index in [1.807, 2.05) is 6.07 Å². The Morgan fingerprint density at radius 1 is 1.27 bits per heavy atom. The van der Waals surface area contributed by atoms with Crippen LogP contribution in [0.15, 0.2) is 18.2 Å². The summed E-state index contributed by atoms with van der Waals surface area (Å²) in [4.78, 5) is 22.2. The molecule has 2 N–H and O–H groups in total. The Morgan fingerprint density at radius 2 is 1.86 bits per heavy atom. The minimum atomic E-state index is -1.28. The number of ether oxygens (including phenoxy) is 1. The first-order chi connectivity index (χ1) is 10.5. The molecule has 0 aliphatic rings. The predicted molar refractivity (Wildman–Crippen MR) is 70.7 cm³/mol. The molecule has 22 heavy (non-hydrogen) atoms. The maximum absolute atomic E-state index is 11.1. The van der Waals surface area contributed by atoms with Crippen molar-refractivity contribution in [3.63, 3.8) is 0 Å². The van der Waals surface area contributed by atoms with E-state index < -0.39 is 11.9 Å². The molecule has 0 radical (unpaired) electrons. The van der Waals surface area contributed by atoms with Gasteiger partial charge in [-0.2, -0.15) is 5.26 Å². The van der Waals surface area contributed by atoms with Crippen LogP contribution in [-0.2, 0) is 11.3 Å². The minimum Gasteiger partial charge on any atom is -0.478 e. The van der Waals surface area contributed by atoms with Crippen LogP contribution in [0.1, 0.15) is 32.1 Å². The quantitative estimate of drug-likeness (QED) is 0.822. The molecule has 1 heterocycles. The smallest absolute Gasteiger partial charge is 0.335 e. The van der Waals surface area contributed by atoms with E-state index in [2.05, 4.69) is 10.3 Å². The van der Waals surface area contributed by atoms with Crippen LogP contribution < -0.4 is 0 Å². The van der Waals surface area contributed by atoms with Crippen molar-refractivity contribution in [2.45, 2.75) is 6.61 Å². The third-order valence-corrected chi connectivity index (χ3v) is 2.81. The molecule has 0 spiro atoms. The van der Waals surface area contributed by atoms with Gasteiger partial charge in [0.15, 0.2) is 5.69 Å². The first-order valence-corrected chi connectivity index (χ1v) is 5.93. The third kappa shape index (κ3) is 2.77. The number of nitrogens with zero attached hydrogens (tertiary/aromatic N) is 4. The van der Waals surface area contributed by atoms with E-state index in [9.17, 15) is 9.59 Å². The van der Waals surface area contributed by atoms with Crippen LogP contribution >= 0.6 is 0 Å². The van der Waals surface area contributed by atoms with E-state index in [1.165, 1.54) is 23.9 Å². The molecule has 0 saturated heterocycles. The van der Waals surface area contributed by atoms with Gasteiger partial charge in [-0.15, -0.1) is 5.10 Å². The van der Waals surface area contributed by atoms with Gasteiger partial charge in [-0.25, -0.2) is 14.3 Å². The molecule has 0 amide bonds. The summed E-state index contributed by atoms with van der Waals surface area (Å²) in [6.07, 6.45) is 0. The number of methoxy groups -OCH3 is 1. The fourth-order valence-corrected chi connectivity index (χ4v) is 1.84. The molecule has 112 valence electrons. The van der Waals surface area contributed by atoms with Crippen molar-refractivity contribution in [1.82, 2.24) is 15.0 Å². The van der Waals surface area contributed by atoms with Crippen LogP contribution in [0.5, 0.6) is 0 Å². The Hall–Kier alpha value is -3.25. The molecular formula is C13H10N4O5. The molecule has 1 aromatic heterocycles. The first kappa shape index (κ1) is 15.1. The van der Waals surface area contributed by atoms with Crippen molar-refractivity contribution >= 4 is 11.9 Å². The number of rotatable bonds is 5. The molecule has 0 saturated carbocycles. The zero-order chi connectivity index (χ0) is 16.3. The summed E-state index contributed by atoms with van der Waals surface area (Å²) in [6, 6.07) is 5.35. The molecule has 0 atom stereocenters. The number of hydrogen-bond acceptors (Lipinski definition) is 6. The summed E-state index contributed by atoms with van der Waals surface area (Å²) in [5, 5.41) is 34.5. The SMILES string of the molecule is COCc1c(C#N)nnn1-c1cc(C(=O)O)cc(C(=O)O)c1. The van der Waals surface area contributed by atoms with Gasteiger partial charge in [0.2, 0.25) is 0 Å². The average Bonchev–Trinajstić information content (AvgIpc) is 2.90. The van der Waals surface area contributed by atoms with Crippen LogP contribution in [0.3, 0.4) is 0 Å². The second kappa shape index (κ2) is 6.02. The maximum atomic E-state index is 11.1. The van der Waals surface area contributed by atoms with Gasteiger partial charge in [0.25, 0.3) is 0 Å². The van der Waals surface area contributed by atoms with Gasteiger partial charge in [0, 0.05) is 7.11 Å². The molecule has 0 unspecified atom stereocenters. The number of carboxylic acids is 2. The highest BCUT2D eigenvalue weighted by Gasteiger charge is 2.18. The third-order valence-electron chi connectivity index (χ3n) is 2.81. The summed E-state index contributed by atoms with van der Waals surface area (Å²) >= 11 is 0. The van der Waals surface area contributed by atoms with Crippen molar-refractivity contribution in [1.29, 1.82) is 5.26 Å². The first-order valence-electron chi connectivity index (χ1n) is 5.93. The fraction of sp³-hybridized carbons (Fsp3) is 0.154. The van der Waals surface area contributed by atoms with E-state index in [-0.39, 0.29) is 29.1 Å². The van der Waals surface area contributed by atoms with Crippen LogP contribution in [0.25, 0.3) is 5.69 Å². The lowest BCUT2D eigenvalue weighted by Gasteiger charge is -2.08. The molecule has 0 aliphatic carbocycles. The predicted octanol–water partition coefficient (Wildman–Crippen LogP) is 0.682. The lowest BCUT2D eigenvalue weighted by molar-refractivity contribution is 0.0696. The second-order valence-electron chi connectivity index (χ2n) is 4.22. The lowest BCUT2D eigenvalue weighted by atomic mass is 10.1. The topological polar surface area (TPSA) is 138 Å². The number of carboxylic acid groups (broad SMARTS) is 2. The average molecular weight is 302 g/mol. The van der Waals surface area contributed by atoms with Gasteiger partial charge in [0.05, 0.1) is 23.4 Å². The number of benzene rings is 1. The van der Waals surface area contributed by atoms with Crippen molar-refractivity contribution in [2.24, 2.45) is 0 Å². The highest BCUT2D eigenvalue weighted by Crippen LogP contribution is 2.18. The Morgan fingerprint density at radius 3 is 2.32 bits per heavy atom. The van der Waals surface area contributed by atoms with E-state index in [4.69, 9.17) is 20.2 Å². The highest BCUT2D eigenvalue weighted by atomic mass is 16.5. The van der Waals surface area contributed by atoms with Crippen LogP contribution in [0.2, 0.25) is 0 Å². The molecule has 1 aromatic carbocycles. The van der Waals surface area contributed by atoms with Gasteiger partial charge in [-0.3, -0.25) is 0 Å². The number of aromatic carboxylic acids is 2. The summed E-state index contributed by atoms with van der Waals surface area (Å²) in [7, 11) is 1.41. The number of hydrogen-bond donors (Lipinski definition) is 2. The fourth-order valence-electron chi connectivity index (χ4n) is 1.84. The van der Waals surface area contributed by atoms with Gasteiger partial charge < -0.3 is 14.9 Å². The van der Waals surface area contributed by atoms with E-state index >= 15 is 0 Å². The standard InChI is InChI=1S/C13H10N4O5/c1-22-6-11-10(5-14)15-16-17(11)9-3-7(12(18)19)2-8(4-9)13(20)21/h2-4H,6H2,1H3,(H,18,19)(H,20,21). The Balaban J connectivity index is 2.67. The normalized spacial score (nSPS) is 10.2. The number of aromatic nitrogens is 3. The van der Waals surface area contributed by atoms with Gasteiger partial charge in [-0.05, 0) is 18.2 Å². The molecule has 0 fully saturated rings. The Kier molecular flexibility index (Phi) is 4.15. The van der Waals surface area contributed by atoms with E-state index in [1.54, 1.807) is 0 Å². The maximum Gasteiger partial charge on any atom is 0.335 e. The van der Waals surface area contributed by atoms with E-state index in [0.29, 0.717) is 5.69 Å². The molecule has 0 bridgehead atoms. The van der Waals surface area contributed by atoms with Crippen molar-refractivity contribution in [3.05, 3.63) is 40.7 Å². The molecular weight excluding hydrogens is 292 g/mol. The monoisotopic (exact) mass is 302 g/mol. The van der Waals surface area contributed by atoms with Crippen LogP contribution in [0, 0.1) is 11.3 Å². The summed E-state index contributed by atoms with van der Waals surface area (Å²) in [5.74, 6) is -2.56. The van der Waals surface area contributed by atoms with Gasteiger partial charge >= 0.3 is 11.9 Å². The minimum absolute atomic E-state index is 0.00952. The Bertz CT molecular complexity index is 758. The molecule has 9 heteroatoms. The van der Waals surface area contributed by atoms with Crippen LogP contribution in [-0.4, -0.2) is 44.3 Å². The molecule has 2 rings (SSSR count). The van der Waals surface area contributed by atoms with Gasteiger partial charge in [0.1, 0.15) is 11.8 Å². The summed E-state index contributed by atoms with van der Waals surface area (Å²) < 4.78 is 6.14. The van der Waals surface area contributed by atoms with Crippen molar-refractivity contribution in [3.8, 4) is 11.8 Å². The second-order valence-corrected chi connectivity index (χ2v) is 4.22. The zero-order valence-corrected chi connectivity index (χ0v) is 11.3. The lowest BCUT2D eigenvalue weighted by Crippen LogP contribution is -2.09. The van der Waals surface area contributed by atoms with Crippen molar-refractivity contribution in [2.75, 3.05) is 7.11 Å². The zero-order valence-electron chi connectivity index (χ0n) is 11.3. The van der Waals surface area contributed by atoms with E-state index in [0.717, 1.165) is 6.07 Å². The Labute approximate surface area is 124 Å². The summed E-state index contributed by atoms with van der Waals surface area (Å²) in [5.41, 5.74) is 0.0428. The largest absolute Gasteiger partial charge is 0.478 e.